The maximum atomic E-state index is 13.2. The van der Waals surface area contributed by atoms with Gasteiger partial charge >= 0.3 is 0 Å². The fraction of sp³-hybridized carbons (Fsp3) is 0.231. The molecule has 6 rings (SSSR count). The van der Waals surface area contributed by atoms with Gasteiger partial charge in [-0.05, 0) is 47.4 Å². The van der Waals surface area contributed by atoms with Crippen molar-refractivity contribution in [2.75, 3.05) is 13.1 Å². The molecule has 0 spiro atoms. The first-order valence-corrected chi connectivity index (χ1v) is 13.3. The quantitative estimate of drug-likeness (QED) is 0.396. The van der Waals surface area contributed by atoms with Gasteiger partial charge in [-0.1, -0.05) is 59.8 Å². The highest BCUT2D eigenvalue weighted by atomic mass is 32.2. The minimum absolute atomic E-state index is 0.170. The lowest BCUT2D eigenvalue weighted by Crippen LogP contribution is -2.39. The van der Waals surface area contributed by atoms with E-state index < -0.39 is 10.0 Å². The first-order chi connectivity index (χ1) is 17.5. The Hall–Kier alpha value is -3.89. The van der Waals surface area contributed by atoms with Crippen molar-refractivity contribution < 1.29 is 8.42 Å². The number of fused-ring (bicyclic) bond motifs is 2. The Balaban J connectivity index is 1.31. The van der Waals surface area contributed by atoms with Gasteiger partial charge in [0.25, 0.3) is 5.56 Å². The Kier molecular flexibility index (Phi) is 5.62. The third kappa shape index (κ3) is 4.08. The molecule has 1 N–H and O–H groups in total. The van der Waals surface area contributed by atoms with Crippen LogP contribution in [-0.4, -0.2) is 50.8 Å². The molecule has 0 saturated carbocycles. The van der Waals surface area contributed by atoms with Gasteiger partial charge in [-0.25, -0.2) is 18.1 Å². The molecule has 2 aromatic heterocycles. The van der Waals surface area contributed by atoms with Crippen LogP contribution in [0.15, 0.2) is 82.5 Å². The highest BCUT2D eigenvalue weighted by Crippen LogP contribution is 2.29. The summed E-state index contributed by atoms with van der Waals surface area (Å²) in [5.74, 6) is 0.223. The van der Waals surface area contributed by atoms with Crippen LogP contribution >= 0.6 is 0 Å². The molecular weight excluding hydrogens is 476 g/mol. The number of aromatic amines is 1. The number of hydrogen-bond acceptors (Lipinski definition) is 6. The summed E-state index contributed by atoms with van der Waals surface area (Å²) in [6.07, 6.45) is 1.40. The van der Waals surface area contributed by atoms with E-state index in [1.807, 2.05) is 18.2 Å². The molecule has 0 aliphatic carbocycles. The molecule has 1 atom stereocenters. The smallest absolute Gasteiger partial charge is 0.281 e. The lowest BCUT2D eigenvalue weighted by molar-refractivity contribution is 0.309. The lowest BCUT2D eigenvalue weighted by atomic mass is 9.99. The molecule has 3 aromatic carbocycles. The van der Waals surface area contributed by atoms with E-state index in [2.05, 4.69) is 39.6 Å². The zero-order valence-electron chi connectivity index (χ0n) is 19.4. The number of benzene rings is 3. The number of nitrogens with one attached hydrogen (secondary N) is 1. The van der Waals surface area contributed by atoms with Crippen LogP contribution in [0.3, 0.4) is 0 Å². The number of sulfonamides is 1. The summed E-state index contributed by atoms with van der Waals surface area (Å²) in [6, 6.07) is 22.7. The van der Waals surface area contributed by atoms with E-state index in [-0.39, 0.29) is 28.4 Å². The van der Waals surface area contributed by atoms with Crippen molar-refractivity contribution in [1.82, 2.24) is 29.3 Å². The van der Waals surface area contributed by atoms with E-state index in [1.54, 1.807) is 35.0 Å². The van der Waals surface area contributed by atoms with Crippen LogP contribution in [0.4, 0.5) is 0 Å². The second-order valence-electron chi connectivity index (χ2n) is 9.07. The first kappa shape index (κ1) is 22.6. The SMILES string of the molecule is O=c1[nH]c([C@@H]2CCCN(S(=O)(=O)c3ccccc3)C2)nc2c1nnn2Cc1ccc2ccccc2c1. The molecule has 36 heavy (non-hydrogen) atoms. The van der Waals surface area contributed by atoms with E-state index in [1.165, 1.54) is 4.31 Å². The highest BCUT2D eigenvalue weighted by molar-refractivity contribution is 7.89. The molecule has 1 aliphatic rings. The molecule has 0 unspecified atom stereocenters. The summed E-state index contributed by atoms with van der Waals surface area (Å²) < 4.78 is 29.4. The van der Waals surface area contributed by atoms with Crippen LogP contribution < -0.4 is 5.56 Å². The van der Waals surface area contributed by atoms with Crippen LogP contribution in [0, 0.1) is 0 Å². The van der Waals surface area contributed by atoms with E-state index in [4.69, 9.17) is 4.98 Å². The molecular formula is C26H24N6O3S. The number of piperidine rings is 1. The molecule has 0 radical (unpaired) electrons. The third-order valence-corrected chi connectivity index (χ3v) is 8.57. The van der Waals surface area contributed by atoms with E-state index in [9.17, 15) is 13.2 Å². The molecule has 0 bridgehead atoms. The number of H-pyrrole nitrogens is 1. The van der Waals surface area contributed by atoms with Crippen molar-refractivity contribution in [3.8, 4) is 0 Å². The molecule has 182 valence electrons. The van der Waals surface area contributed by atoms with Gasteiger partial charge < -0.3 is 4.98 Å². The highest BCUT2D eigenvalue weighted by Gasteiger charge is 2.32. The summed E-state index contributed by atoms with van der Waals surface area (Å²) in [5.41, 5.74) is 1.21. The van der Waals surface area contributed by atoms with Crippen LogP contribution in [0.5, 0.6) is 0 Å². The summed E-state index contributed by atoms with van der Waals surface area (Å²) in [7, 11) is -3.63. The molecule has 9 nitrogen and oxygen atoms in total. The Bertz CT molecular complexity index is 1730. The van der Waals surface area contributed by atoms with Crippen molar-refractivity contribution in [3.63, 3.8) is 0 Å². The fourth-order valence-electron chi connectivity index (χ4n) is 4.82. The predicted molar refractivity (Wildman–Crippen MR) is 136 cm³/mol. The zero-order valence-corrected chi connectivity index (χ0v) is 20.2. The number of aromatic nitrogens is 5. The number of rotatable bonds is 5. The fourth-order valence-corrected chi connectivity index (χ4v) is 6.36. The topological polar surface area (TPSA) is 114 Å². The van der Waals surface area contributed by atoms with Gasteiger partial charge in [0.15, 0.2) is 11.2 Å². The molecule has 1 fully saturated rings. The van der Waals surface area contributed by atoms with E-state index in [0.29, 0.717) is 31.0 Å². The van der Waals surface area contributed by atoms with Gasteiger partial charge in [0.1, 0.15) is 5.82 Å². The van der Waals surface area contributed by atoms with Gasteiger partial charge in [-0.15, -0.1) is 5.10 Å². The normalized spacial score (nSPS) is 17.1. The Morgan fingerprint density at radius 3 is 2.58 bits per heavy atom. The predicted octanol–water partition coefficient (Wildman–Crippen LogP) is 3.28. The van der Waals surface area contributed by atoms with Crippen molar-refractivity contribution in [3.05, 3.63) is 94.5 Å². The summed E-state index contributed by atoms with van der Waals surface area (Å²) in [4.78, 5) is 20.7. The number of hydrogen-bond donors (Lipinski definition) is 1. The Morgan fingerprint density at radius 1 is 0.972 bits per heavy atom. The van der Waals surface area contributed by atoms with Crippen LogP contribution in [0.25, 0.3) is 21.9 Å². The molecule has 5 aromatic rings. The Morgan fingerprint density at radius 2 is 1.75 bits per heavy atom. The monoisotopic (exact) mass is 500 g/mol. The average Bonchev–Trinajstić information content (AvgIpc) is 3.32. The van der Waals surface area contributed by atoms with Gasteiger partial charge in [0.05, 0.1) is 11.4 Å². The zero-order chi connectivity index (χ0) is 24.7. The molecule has 1 aliphatic heterocycles. The van der Waals surface area contributed by atoms with Crippen LogP contribution in [0.1, 0.15) is 30.1 Å². The van der Waals surface area contributed by atoms with Gasteiger partial charge in [0.2, 0.25) is 10.0 Å². The van der Waals surface area contributed by atoms with E-state index in [0.717, 1.165) is 22.8 Å². The van der Waals surface area contributed by atoms with Gasteiger partial charge in [0, 0.05) is 19.0 Å². The van der Waals surface area contributed by atoms with E-state index >= 15 is 0 Å². The van der Waals surface area contributed by atoms with Crippen molar-refractivity contribution in [2.24, 2.45) is 0 Å². The second-order valence-corrected chi connectivity index (χ2v) is 11.0. The van der Waals surface area contributed by atoms with Gasteiger partial charge in [-0.3, -0.25) is 4.79 Å². The molecule has 1 saturated heterocycles. The second kappa shape index (κ2) is 8.96. The van der Waals surface area contributed by atoms with Crippen molar-refractivity contribution >= 4 is 32.0 Å². The van der Waals surface area contributed by atoms with Gasteiger partial charge in [-0.2, -0.15) is 4.31 Å². The van der Waals surface area contributed by atoms with Crippen molar-refractivity contribution in [1.29, 1.82) is 0 Å². The number of nitrogens with zero attached hydrogens (tertiary/aromatic N) is 5. The molecule has 0 amide bonds. The minimum atomic E-state index is -3.63. The summed E-state index contributed by atoms with van der Waals surface area (Å²) >= 11 is 0. The van der Waals surface area contributed by atoms with Crippen molar-refractivity contribution in [2.45, 2.75) is 30.2 Å². The lowest BCUT2D eigenvalue weighted by Gasteiger charge is -2.31. The molecule has 10 heteroatoms. The van der Waals surface area contributed by atoms with Crippen LogP contribution in [-0.2, 0) is 16.6 Å². The average molecular weight is 501 g/mol. The Labute approximate surface area is 207 Å². The maximum absolute atomic E-state index is 13.2. The maximum Gasteiger partial charge on any atom is 0.281 e. The minimum Gasteiger partial charge on any atom is -0.308 e. The largest absolute Gasteiger partial charge is 0.308 e. The summed E-state index contributed by atoms with van der Waals surface area (Å²) in [6.45, 7) is 1.09. The van der Waals surface area contributed by atoms with Crippen LogP contribution in [0.2, 0.25) is 0 Å². The standard InChI is InChI=1S/C26H24N6O3S/c33-26-23-25(32(30-29-23)16-18-12-13-19-7-4-5-8-20(19)15-18)27-24(28-26)21-9-6-14-31(17-21)36(34,35)22-10-2-1-3-11-22/h1-5,7-8,10-13,15,21H,6,9,14,16-17H2,(H,27,28,33)/t21-/m1/s1. The first-order valence-electron chi connectivity index (χ1n) is 11.9. The third-order valence-electron chi connectivity index (χ3n) is 6.69. The summed E-state index contributed by atoms with van der Waals surface area (Å²) in [5, 5.41) is 10.5. The molecule has 3 heterocycles.